The number of aliphatic imine (C=N–C) groups is 1. The molecule has 2 saturated heterocycles. The van der Waals surface area contributed by atoms with E-state index in [2.05, 4.69) is 61.9 Å². The standard InChI is InChI=1S/C23H31N5O/c1-24-23(26-17-19-12-16-29-22(19)18-7-3-2-4-8-18)27-20-10-14-28(15-11-20)21-9-5-6-13-25-21/h2-9,13,19-20,22H,10-12,14-17H2,1H3,(H2,24,26,27). The second-order valence-corrected chi connectivity index (χ2v) is 7.80. The maximum atomic E-state index is 6.01. The normalized spacial score (nSPS) is 23.2. The van der Waals surface area contributed by atoms with E-state index in [1.807, 2.05) is 25.4 Å². The van der Waals surface area contributed by atoms with Crippen LogP contribution in [0.4, 0.5) is 5.82 Å². The summed E-state index contributed by atoms with van der Waals surface area (Å²) in [7, 11) is 1.85. The lowest BCUT2D eigenvalue weighted by atomic mass is 9.95. The highest BCUT2D eigenvalue weighted by Gasteiger charge is 2.29. The van der Waals surface area contributed by atoms with E-state index in [-0.39, 0.29) is 6.10 Å². The van der Waals surface area contributed by atoms with E-state index in [0.717, 1.165) is 57.3 Å². The van der Waals surface area contributed by atoms with Gasteiger partial charge in [-0.3, -0.25) is 4.99 Å². The highest BCUT2D eigenvalue weighted by Crippen LogP contribution is 2.33. The average Bonchev–Trinajstić information content (AvgIpc) is 3.27. The minimum Gasteiger partial charge on any atom is -0.373 e. The van der Waals surface area contributed by atoms with Crippen LogP contribution in [0.15, 0.2) is 59.7 Å². The lowest BCUT2D eigenvalue weighted by Crippen LogP contribution is -2.49. The van der Waals surface area contributed by atoms with Gasteiger partial charge in [-0.1, -0.05) is 36.4 Å². The van der Waals surface area contributed by atoms with Crippen LogP contribution in [-0.4, -0.2) is 50.3 Å². The lowest BCUT2D eigenvalue weighted by molar-refractivity contribution is 0.0915. The number of pyridine rings is 1. The van der Waals surface area contributed by atoms with Gasteiger partial charge in [0.2, 0.25) is 0 Å². The molecular formula is C23H31N5O. The Hall–Kier alpha value is -2.60. The Morgan fingerprint density at radius 1 is 1.10 bits per heavy atom. The smallest absolute Gasteiger partial charge is 0.191 e. The van der Waals surface area contributed by atoms with Crippen LogP contribution >= 0.6 is 0 Å². The third kappa shape index (κ3) is 5.07. The molecule has 29 heavy (non-hydrogen) atoms. The van der Waals surface area contributed by atoms with Crippen molar-refractivity contribution < 1.29 is 4.74 Å². The van der Waals surface area contributed by atoms with E-state index in [9.17, 15) is 0 Å². The molecule has 0 spiro atoms. The second-order valence-electron chi connectivity index (χ2n) is 7.80. The number of guanidine groups is 1. The van der Waals surface area contributed by atoms with Gasteiger partial charge in [-0.2, -0.15) is 0 Å². The number of nitrogens with zero attached hydrogens (tertiary/aromatic N) is 3. The summed E-state index contributed by atoms with van der Waals surface area (Å²) in [6.45, 7) is 3.71. The van der Waals surface area contributed by atoms with Gasteiger partial charge in [0.15, 0.2) is 5.96 Å². The largest absolute Gasteiger partial charge is 0.373 e. The van der Waals surface area contributed by atoms with Crippen molar-refractivity contribution in [2.24, 2.45) is 10.9 Å². The minimum absolute atomic E-state index is 0.170. The maximum Gasteiger partial charge on any atom is 0.191 e. The molecule has 6 heteroatoms. The molecule has 3 heterocycles. The fourth-order valence-electron chi connectivity index (χ4n) is 4.26. The minimum atomic E-state index is 0.170. The molecule has 0 saturated carbocycles. The molecule has 2 fully saturated rings. The van der Waals surface area contributed by atoms with Gasteiger partial charge < -0.3 is 20.3 Å². The van der Waals surface area contributed by atoms with E-state index in [1.165, 1.54) is 5.56 Å². The van der Waals surface area contributed by atoms with E-state index >= 15 is 0 Å². The first-order valence-corrected chi connectivity index (χ1v) is 10.6. The van der Waals surface area contributed by atoms with Gasteiger partial charge in [-0.25, -0.2) is 4.98 Å². The van der Waals surface area contributed by atoms with Crippen molar-refractivity contribution in [2.45, 2.75) is 31.4 Å². The van der Waals surface area contributed by atoms with E-state index in [0.29, 0.717) is 12.0 Å². The molecule has 2 unspecified atom stereocenters. The third-order valence-electron chi connectivity index (χ3n) is 5.91. The summed E-state index contributed by atoms with van der Waals surface area (Å²) in [5, 5.41) is 7.14. The first kappa shape index (κ1) is 19.7. The zero-order chi connectivity index (χ0) is 19.9. The number of hydrogen-bond acceptors (Lipinski definition) is 4. The van der Waals surface area contributed by atoms with Crippen LogP contribution in [0.2, 0.25) is 0 Å². The fraction of sp³-hybridized carbons (Fsp3) is 0.478. The van der Waals surface area contributed by atoms with Crippen molar-refractivity contribution in [1.29, 1.82) is 0 Å². The van der Waals surface area contributed by atoms with Crippen molar-refractivity contribution in [1.82, 2.24) is 15.6 Å². The molecule has 1 aromatic heterocycles. The van der Waals surface area contributed by atoms with Gasteiger partial charge in [0.1, 0.15) is 5.82 Å². The zero-order valence-corrected chi connectivity index (χ0v) is 17.1. The molecule has 6 nitrogen and oxygen atoms in total. The topological polar surface area (TPSA) is 61.8 Å². The Bertz CT molecular complexity index is 774. The molecular weight excluding hydrogens is 362 g/mol. The molecule has 0 aliphatic carbocycles. The molecule has 0 bridgehead atoms. The van der Waals surface area contributed by atoms with Crippen molar-refractivity contribution in [3.63, 3.8) is 0 Å². The molecule has 2 atom stereocenters. The predicted molar refractivity (Wildman–Crippen MR) is 117 cm³/mol. The Morgan fingerprint density at radius 2 is 1.90 bits per heavy atom. The number of hydrogen-bond donors (Lipinski definition) is 2. The lowest BCUT2D eigenvalue weighted by Gasteiger charge is -2.34. The quantitative estimate of drug-likeness (QED) is 0.604. The number of rotatable bonds is 5. The van der Waals surface area contributed by atoms with Gasteiger partial charge in [0.05, 0.1) is 6.10 Å². The van der Waals surface area contributed by atoms with Crippen molar-refractivity contribution >= 4 is 11.8 Å². The van der Waals surface area contributed by atoms with Crippen LogP contribution in [0.5, 0.6) is 0 Å². The monoisotopic (exact) mass is 393 g/mol. The zero-order valence-electron chi connectivity index (χ0n) is 17.1. The maximum absolute atomic E-state index is 6.01. The molecule has 4 rings (SSSR count). The fourth-order valence-corrected chi connectivity index (χ4v) is 4.26. The summed E-state index contributed by atoms with van der Waals surface area (Å²) in [5.74, 6) is 2.42. The number of nitrogens with one attached hydrogen (secondary N) is 2. The molecule has 1 aromatic carbocycles. The van der Waals surface area contributed by atoms with Crippen LogP contribution in [0, 0.1) is 5.92 Å². The SMILES string of the molecule is CN=C(NCC1CCOC1c1ccccc1)NC1CCN(c2ccccn2)CC1. The van der Waals surface area contributed by atoms with Crippen LogP contribution in [-0.2, 0) is 4.74 Å². The van der Waals surface area contributed by atoms with Crippen LogP contribution in [0.1, 0.15) is 30.9 Å². The van der Waals surface area contributed by atoms with E-state index < -0.39 is 0 Å². The predicted octanol–water partition coefficient (Wildman–Crippen LogP) is 2.99. The van der Waals surface area contributed by atoms with Gasteiger partial charge in [0.25, 0.3) is 0 Å². The number of anilines is 1. The van der Waals surface area contributed by atoms with E-state index in [1.54, 1.807) is 0 Å². The Labute approximate surface area is 173 Å². The molecule has 154 valence electrons. The highest BCUT2D eigenvalue weighted by atomic mass is 16.5. The summed E-state index contributed by atoms with van der Waals surface area (Å²) in [4.78, 5) is 11.3. The Kier molecular flexibility index (Phi) is 6.62. The first-order valence-electron chi connectivity index (χ1n) is 10.6. The third-order valence-corrected chi connectivity index (χ3v) is 5.91. The number of benzene rings is 1. The Balaban J connectivity index is 1.25. The summed E-state index contributed by atoms with van der Waals surface area (Å²) in [6.07, 6.45) is 5.27. The van der Waals surface area contributed by atoms with Crippen molar-refractivity contribution in [3.8, 4) is 0 Å². The number of aromatic nitrogens is 1. The summed E-state index contributed by atoms with van der Waals surface area (Å²) < 4.78 is 6.01. The van der Waals surface area contributed by atoms with Gasteiger partial charge >= 0.3 is 0 Å². The molecule has 2 aliphatic heterocycles. The van der Waals surface area contributed by atoms with Gasteiger partial charge in [0, 0.05) is 51.4 Å². The van der Waals surface area contributed by atoms with Crippen LogP contribution in [0.3, 0.4) is 0 Å². The summed E-state index contributed by atoms with van der Waals surface area (Å²) in [6, 6.07) is 17.1. The summed E-state index contributed by atoms with van der Waals surface area (Å²) >= 11 is 0. The molecule has 0 radical (unpaired) electrons. The van der Waals surface area contributed by atoms with Crippen LogP contribution < -0.4 is 15.5 Å². The van der Waals surface area contributed by atoms with Crippen molar-refractivity contribution in [2.75, 3.05) is 38.2 Å². The van der Waals surface area contributed by atoms with E-state index in [4.69, 9.17) is 4.74 Å². The molecule has 0 amide bonds. The first-order chi connectivity index (χ1) is 14.3. The molecule has 2 aromatic rings. The van der Waals surface area contributed by atoms with Crippen molar-refractivity contribution in [3.05, 3.63) is 60.3 Å². The molecule has 2 aliphatic rings. The summed E-state index contributed by atoms with van der Waals surface area (Å²) in [5.41, 5.74) is 1.27. The number of piperidine rings is 1. The molecule has 2 N–H and O–H groups in total. The van der Waals surface area contributed by atoms with Gasteiger partial charge in [-0.05, 0) is 37.0 Å². The highest BCUT2D eigenvalue weighted by molar-refractivity contribution is 5.80. The number of ether oxygens (including phenoxy) is 1. The average molecular weight is 394 g/mol. The Morgan fingerprint density at radius 3 is 2.62 bits per heavy atom. The second kappa shape index (κ2) is 9.74. The van der Waals surface area contributed by atoms with Crippen LogP contribution in [0.25, 0.3) is 0 Å². The van der Waals surface area contributed by atoms with Gasteiger partial charge in [-0.15, -0.1) is 0 Å².